The fourth-order valence-corrected chi connectivity index (χ4v) is 2.92. The molecule has 0 radical (unpaired) electrons. The Balaban J connectivity index is 1.69. The zero-order valence-electron chi connectivity index (χ0n) is 11.4. The van der Waals surface area contributed by atoms with Gasteiger partial charge in [0.1, 0.15) is 0 Å². The minimum atomic E-state index is -0.773. The van der Waals surface area contributed by atoms with Crippen molar-refractivity contribution in [2.24, 2.45) is 11.8 Å². The maximum atomic E-state index is 11.7. The molecule has 1 aliphatic carbocycles. The van der Waals surface area contributed by atoms with Crippen molar-refractivity contribution in [1.82, 2.24) is 16.0 Å². The number of aliphatic carboxylic acids is 1. The van der Waals surface area contributed by atoms with Crippen molar-refractivity contribution in [2.45, 2.75) is 38.1 Å². The molecule has 1 heterocycles. The van der Waals surface area contributed by atoms with E-state index in [9.17, 15) is 14.4 Å². The highest BCUT2D eigenvalue weighted by molar-refractivity contribution is 5.78. The monoisotopic (exact) mass is 283 g/mol. The number of carboxylic acids is 1. The molecule has 3 amide bonds. The zero-order chi connectivity index (χ0) is 14.5. The van der Waals surface area contributed by atoms with Gasteiger partial charge >= 0.3 is 12.0 Å². The van der Waals surface area contributed by atoms with Gasteiger partial charge in [-0.3, -0.25) is 9.59 Å². The highest BCUT2D eigenvalue weighted by atomic mass is 16.4. The summed E-state index contributed by atoms with van der Waals surface area (Å²) in [7, 11) is 0. The highest BCUT2D eigenvalue weighted by Crippen LogP contribution is 2.31. The number of nitrogens with one attached hydrogen (secondary N) is 3. The van der Waals surface area contributed by atoms with E-state index in [1.807, 2.05) is 0 Å². The third-order valence-corrected chi connectivity index (χ3v) is 4.10. The Bertz CT molecular complexity index is 389. The molecule has 1 saturated carbocycles. The number of carbonyl (C=O) groups is 3. The average molecular weight is 283 g/mol. The summed E-state index contributed by atoms with van der Waals surface area (Å²) in [5, 5.41) is 17.3. The Hall–Kier alpha value is -1.79. The van der Waals surface area contributed by atoms with Crippen LogP contribution in [0.2, 0.25) is 0 Å². The second-order valence-corrected chi connectivity index (χ2v) is 5.53. The Morgan fingerprint density at radius 3 is 2.75 bits per heavy atom. The van der Waals surface area contributed by atoms with E-state index in [1.165, 1.54) is 0 Å². The first-order chi connectivity index (χ1) is 9.56. The summed E-state index contributed by atoms with van der Waals surface area (Å²) >= 11 is 0. The molecule has 1 aliphatic heterocycles. The summed E-state index contributed by atoms with van der Waals surface area (Å²) in [5.41, 5.74) is 0. The first-order valence-corrected chi connectivity index (χ1v) is 7.10. The molecule has 3 atom stereocenters. The van der Waals surface area contributed by atoms with E-state index in [0.717, 1.165) is 12.8 Å². The van der Waals surface area contributed by atoms with Crippen LogP contribution in [0.25, 0.3) is 0 Å². The van der Waals surface area contributed by atoms with Crippen LogP contribution in [0.1, 0.15) is 32.1 Å². The van der Waals surface area contributed by atoms with Gasteiger partial charge in [0.15, 0.2) is 0 Å². The molecule has 0 aromatic rings. The SMILES string of the molecule is O=C1CCC(NC(=O)NCC2CCCC2C(=O)O)CN1. The maximum absolute atomic E-state index is 11.7. The molecule has 2 aliphatic rings. The molecule has 1 saturated heterocycles. The lowest BCUT2D eigenvalue weighted by atomic mass is 9.96. The molecule has 7 heteroatoms. The molecule has 0 bridgehead atoms. The third kappa shape index (κ3) is 3.85. The van der Waals surface area contributed by atoms with Crippen molar-refractivity contribution in [1.29, 1.82) is 0 Å². The van der Waals surface area contributed by atoms with Crippen LogP contribution >= 0.6 is 0 Å². The fourth-order valence-electron chi connectivity index (χ4n) is 2.92. The Labute approximate surface area is 117 Å². The van der Waals surface area contributed by atoms with Gasteiger partial charge < -0.3 is 21.1 Å². The number of rotatable bonds is 4. The van der Waals surface area contributed by atoms with E-state index in [2.05, 4.69) is 16.0 Å². The lowest BCUT2D eigenvalue weighted by Crippen LogP contribution is -2.51. The number of amides is 3. The van der Waals surface area contributed by atoms with Crippen LogP contribution in [0.15, 0.2) is 0 Å². The second-order valence-electron chi connectivity index (χ2n) is 5.53. The smallest absolute Gasteiger partial charge is 0.315 e. The maximum Gasteiger partial charge on any atom is 0.315 e. The molecular formula is C13H21N3O4. The molecule has 3 unspecified atom stereocenters. The first-order valence-electron chi connectivity index (χ1n) is 7.10. The standard InChI is InChI=1S/C13H21N3O4/c17-11-5-4-9(7-14-11)16-13(20)15-6-8-2-1-3-10(8)12(18)19/h8-10H,1-7H2,(H,14,17)(H,18,19)(H2,15,16,20). The van der Waals surface area contributed by atoms with Gasteiger partial charge in [-0.25, -0.2) is 4.79 Å². The molecule has 0 spiro atoms. The third-order valence-electron chi connectivity index (χ3n) is 4.10. The van der Waals surface area contributed by atoms with Crippen LogP contribution in [0.5, 0.6) is 0 Å². The van der Waals surface area contributed by atoms with Crippen LogP contribution in [0.3, 0.4) is 0 Å². The van der Waals surface area contributed by atoms with Crippen molar-refractivity contribution in [3.8, 4) is 0 Å². The number of carboxylic acid groups (broad SMARTS) is 1. The van der Waals surface area contributed by atoms with E-state index in [4.69, 9.17) is 5.11 Å². The molecule has 2 fully saturated rings. The molecule has 7 nitrogen and oxygen atoms in total. The number of urea groups is 1. The summed E-state index contributed by atoms with van der Waals surface area (Å²) in [4.78, 5) is 33.8. The number of piperidine rings is 1. The Morgan fingerprint density at radius 1 is 1.30 bits per heavy atom. The van der Waals surface area contributed by atoms with E-state index < -0.39 is 5.97 Å². The predicted octanol–water partition coefficient (Wildman–Crippen LogP) is 0.0651. The van der Waals surface area contributed by atoms with Crippen molar-refractivity contribution in [2.75, 3.05) is 13.1 Å². The molecular weight excluding hydrogens is 262 g/mol. The molecule has 20 heavy (non-hydrogen) atoms. The van der Waals surface area contributed by atoms with Crippen molar-refractivity contribution >= 4 is 17.9 Å². The molecule has 4 N–H and O–H groups in total. The summed E-state index contributed by atoms with van der Waals surface area (Å²) in [6, 6.07) is -0.339. The molecule has 2 rings (SSSR count). The normalized spacial score (nSPS) is 29.6. The van der Waals surface area contributed by atoms with Gasteiger partial charge in [0.05, 0.1) is 5.92 Å². The zero-order valence-corrected chi connectivity index (χ0v) is 11.4. The van der Waals surface area contributed by atoms with Crippen molar-refractivity contribution in [3.63, 3.8) is 0 Å². The molecule has 112 valence electrons. The minimum absolute atomic E-state index is 0.0127. The van der Waals surface area contributed by atoms with Crippen LogP contribution in [-0.2, 0) is 9.59 Å². The first kappa shape index (κ1) is 14.6. The summed E-state index contributed by atoms with van der Waals surface area (Å²) in [6.45, 7) is 0.843. The van der Waals surface area contributed by atoms with Crippen LogP contribution < -0.4 is 16.0 Å². The molecule has 0 aromatic heterocycles. The lowest BCUT2D eigenvalue weighted by molar-refractivity contribution is -0.142. The van der Waals surface area contributed by atoms with Gasteiger partial charge in [-0.05, 0) is 25.2 Å². The number of hydrogen-bond acceptors (Lipinski definition) is 3. The summed E-state index contributed by atoms with van der Waals surface area (Å²) in [5.74, 6) is -1.09. The summed E-state index contributed by atoms with van der Waals surface area (Å²) < 4.78 is 0. The van der Waals surface area contributed by atoms with Gasteiger partial charge in [-0.15, -0.1) is 0 Å². The topological polar surface area (TPSA) is 108 Å². The van der Waals surface area contributed by atoms with E-state index in [1.54, 1.807) is 0 Å². The lowest BCUT2D eigenvalue weighted by Gasteiger charge is -2.24. The van der Waals surface area contributed by atoms with Gasteiger partial charge in [0.25, 0.3) is 0 Å². The van der Waals surface area contributed by atoms with Crippen molar-refractivity contribution < 1.29 is 19.5 Å². The van der Waals surface area contributed by atoms with E-state index >= 15 is 0 Å². The van der Waals surface area contributed by atoms with Crippen LogP contribution in [0, 0.1) is 11.8 Å². The van der Waals surface area contributed by atoms with Gasteiger partial charge in [0, 0.05) is 25.6 Å². The quantitative estimate of drug-likeness (QED) is 0.585. The largest absolute Gasteiger partial charge is 0.481 e. The van der Waals surface area contributed by atoms with Crippen LogP contribution in [-0.4, -0.2) is 42.1 Å². The average Bonchev–Trinajstić information content (AvgIpc) is 2.88. The van der Waals surface area contributed by atoms with Gasteiger partial charge in [-0.1, -0.05) is 6.42 Å². The fraction of sp³-hybridized carbons (Fsp3) is 0.769. The minimum Gasteiger partial charge on any atom is -0.481 e. The van der Waals surface area contributed by atoms with Gasteiger partial charge in [0.2, 0.25) is 5.91 Å². The Kier molecular flexibility index (Phi) is 4.81. The molecule has 0 aromatic carbocycles. The van der Waals surface area contributed by atoms with E-state index in [0.29, 0.717) is 32.4 Å². The Morgan fingerprint density at radius 2 is 2.10 bits per heavy atom. The van der Waals surface area contributed by atoms with Crippen molar-refractivity contribution in [3.05, 3.63) is 0 Å². The highest BCUT2D eigenvalue weighted by Gasteiger charge is 2.33. The second kappa shape index (κ2) is 6.58. The summed E-state index contributed by atoms with van der Waals surface area (Å²) in [6.07, 6.45) is 3.50. The number of hydrogen-bond donors (Lipinski definition) is 4. The van der Waals surface area contributed by atoms with Gasteiger partial charge in [-0.2, -0.15) is 0 Å². The van der Waals surface area contributed by atoms with E-state index in [-0.39, 0.29) is 29.8 Å². The van der Waals surface area contributed by atoms with Crippen LogP contribution in [0.4, 0.5) is 4.79 Å². The predicted molar refractivity (Wildman–Crippen MR) is 71.0 cm³/mol. The number of carbonyl (C=O) groups excluding carboxylic acids is 2.